The number of carbonyl (C=O) groups is 1. The van der Waals surface area contributed by atoms with E-state index >= 15 is 0 Å². The number of rotatable bonds is 9. The highest BCUT2D eigenvalue weighted by Gasteiger charge is 2.24. The number of nitro benzene ring substituents is 1. The maximum absolute atomic E-state index is 11.1. The van der Waals surface area contributed by atoms with Crippen LogP contribution in [0.2, 0.25) is 0 Å². The van der Waals surface area contributed by atoms with Crippen LogP contribution in [0.15, 0.2) is 18.2 Å². The summed E-state index contributed by atoms with van der Waals surface area (Å²) < 4.78 is 0. The zero-order valence-electron chi connectivity index (χ0n) is 12.5. The fraction of sp³-hybridized carbons (Fsp3) is 0.533. The first-order chi connectivity index (χ1) is 9.97. The number of anilines is 1. The topological polar surface area (TPSA) is 92.5 Å². The monoisotopic (exact) mass is 294 g/mol. The Hall–Kier alpha value is -2.11. The highest BCUT2D eigenvalue weighted by molar-refractivity contribution is 5.95. The van der Waals surface area contributed by atoms with Gasteiger partial charge in [-0.3, -0.25) is 10.1 Å². The van der Waals surface area contributed by atoms with E-state index < -0.39 is 10.9 Å². The summed E-state index contributed by atoms with van der Waals surface area (Å²) >= 11 is 0. The Morgan fingerprint density at radius 1 is 1.38 bits per heavy atom. The first kappa shape index (κ1) is 16.9. The van der Waals surface area contributed by atoms with Crippen LogP contribution in [0.1, 0.15) is 56.3 Å². The van der Waals surface area contributed by atoms with Gasteiger partial charge in [-0.25, -0.2) is 4.79 Å². The van der Waals surface area contributed by atoms with Crippen molar-refractivity contribution in [2.45, 2.75) is 52.0 Å². The fourth-order valence-electron chi connectivity index (χ4n) is 2.24. The van der Waals surface area contributed by atoms with E-state index in [0.717, 1.165) is 25.7 Å². The molecule has 1 unspecified atom stereocenters. The summed E-state index contributed by atoms with van der Waals surface area (Å²) in [5, 5.41) is 23.2. The second-order valence-electron chi connectivity index (χ2n) is 5.16. The zero-order chi connectivity index (χ0) is 15.8. The van der Waals surface area contributed by atoms with E-state index in [1.54, 1.807) is 6.07 Å². The van der Waals surface area contributed by atoms with E-state index in [1.807, 2.05) is 6.92 Å². The normalized spacial score (nSPS) is 11.9. The molecule has 0 aliphatic heterocycles. The van der Waals surface area contributed by atoms with Gasteiger partial charge in [-0.2, -0.15) is 0 Å². The van der Waals surface area contributed by atoms with Crippen LogP contribution in [0, 0.1) is 10.1 Å². The van der Waals surface area contributed by atoms with Crippen molar-refractivity contribution in [1.29, 1.82) is 0 Å². The number of nitro groups is 1. The van der Waals surface area contributed by atoms with Crippen LogP contribution < -0.4 is 5.32 Å². The molecule has 0 aromatic heterocycles. The third-order valence-electron chi connectivity index (χ3n) is 3.34. The second-order valence-corrected chi connectivity index (χ2v) is 5.16. The molecule has 0 bridgehead atoms. The molecular formula is C15H22N2O4. The Kier molecular flexibility index (Phi) is 6.65. The van der Waals surface area contributed by atoms with Gasteiger partial charge in [-0.05, 0) is 25.5 Å². The number of nitrogens with zero attached hydrogens (tertiary/aromatic N) is 1. The Bertz CT molecular complexity index is 502. The Labute approximate surface area is 124 Å². The van der Waals surface area contributed by atoms with Crippen molar-refractivity contribution in [2.24, 2.45) is 0 Å². The first-order valence-electron chi connectivity index (χ1n) is 7.24. The molecule has 0 amide bonds. The molecule has 1 aromatic carbocycles. The molecule has 6 nitrogen and oxygen atoms in total. The van der Waals surface area contributed by atoms with Gasteiger partial charge in [-0.15, -0.1) is 0 Å². The van der Waals surface area contributed by atoms with Crippen LogP contribution in [0.4, 0.5) is 11.4 Å². The Morgan fingerprint density at radius 3 is 2.67 bits per heavy atom. The summed E-state index contributed by atoms with van der Waals surface area (Å²) in [6, 6.07) is 4.37. The molecule has 6 heteroatoms. The number of carboxylic acid groups (broad SMARTS) is 1. The van der Waals surface area contributed by atoms with Crippen LogP contribution in [0.5, 0.6) is 0 Å². The molecule has 116 valence electrons. The number of benzene rings is 1. The molecular weight excluding hydrogens is 272 g/mol. The van der Waals surface area contributed by atoms with Crippen LogP contribution in [-0.2, 0) is 0 Å². The van der Waals surface area contributed by atoms with Gasteiger partial charge in [0.15, 0.2) is 0 Å². The predicted molar refractivity (Wildman–Crippen MR) is 81.9 cm³/mol. The van der Waals surface area contributed by atoms with Gasteiger partial charge >= 0.3 is 11.7 Å². The molecule has 2 N–H and O–H groups in total. The molecule has 21 heavy (non-hydrogen) atoms. The molecule has 0 radical (unpaired) electrons. The summed E-state index contributed by atoms with van der Waals surface area (Å²) in [7, 11) is 0. The van der Waals surface area contributed by atoms with E-state index in [4.69, 9.17) is 5.11 Å². The van der Waals surface area contributed by atoms with E-state index in [2.05, 4.69) is 12.2 Å². The number of para-hydroxylation sites is 1. The minimum absolute atomic E-state index is 0.0598. The van der Waals surface area contributed by atoms with Gasteiger partial charge in [0.25, 0.3) is 0 Å². The lowest BCUT2D eigenvalue weighted by atomic mass is 10.1. The molecule has 0 saturated carbocycles. The minimum Gasteiger partial charge on any atom is -0.477 e. The number of unbranched alkanes of at least 4 members (excludes halogenated alkanes) is 3. The van der Waals surface area contributed by atoms with Crippen LogP contribution in [0.25, 0.3) is 0 Å². The maximum Gasteiger partial charge on any atom is 0.342 e. The van der Waals surface area contributed by atoms with E-state index in [9.17, 15) is 14.9 Å². The van der Waals surface area contributed by atoms with Gasteiger partial charge in [0, 0.05) is 6.04 Å². The molecule has 1 rings (SSSR count). The first-order valence-corrected chi connectivity index (χ1v) is 7.24. The smallest absolute Gasteiger partial charge is 0.342 e. The van der Waals surface area contributed by atoms with Crippen molar-refractivity contribution in [2.75, 3.05) is 5.32 Å². The number of nitrogens with one attached hydrogen (secondary N) is 1. The third kappa shape index (κ3) is 5.06. The molecule has 0 saturated heterocycles. The second kappa shape index (κ2) is 8.24. The molecule has 0 aliphatic carbocycles. The van der Waals surface area contributed by atoms with Gasteiger partial charge in [0.1, 0.15) is 11.3 Å². The standard InChI is InChI=1S/C15H22N2O4/c1-3-4-5-6-8-11(2)16-13-10-7-9-12(15(18)19)14(13)17(20)21/h7,9-11,16H,3-6,8H2,1-2H3,(H,18,19). The highest BCUT2D eigenvalue weighted by Crippen LogP contribution is 2.29. The summed E-state index contributed by atoms with van der Waals surface area (Å²) in [5.74, 6) is -1.29. The highest BCUT2D eigenvalue weighted by atomic mass is 16.6. The van der Waals surface area contributed by atoms with Gasteiger partial charge < -0.3 is 10.4 Å². The van der Waals surface area contributed by atoms with Gasteiger partial charge in [0.2, 0.25) is 0 Å². The fourth-order valence-corrected chi connectivity index (χ4v) is 2.24. The van der Waals surface area contributed by atoms with Crippen molar-refractivity contribution in [3.63, 3.8) is 0 Å². The van der Waals surface area contributed by atoms with Crippen molar-refractivity contribution < 1.29 is 14.8 Å². The Balaban J connectivity index is 2.80. The van der Waals surface area contributed by atoms with Crippen molar-refractivity contribution in [3.8, 4) is 0 Å². The summed E-state index contributed by atoms with van der Waals surface area (Å²) in [4.78, 5) is 21.6. The average Bonchev–Trinajstić information content (AvgIpc) is 2.43. The quantitative estimate of drug-likeness (QED) is 0.407. The lowest BCUT2D eigenvalue weighted by Gasteiger charge is -2.15. The molecule has 1 atom stereocenters. The van der Waals surface area contributed by atoms with E-state index in [-0.39, 0.29) is 23.0 Å². The minimum atomic E-state index is -1.29. The number of hydrogen-bond donors (Lipinski definition) is 2. The maximum atomic E-state index is 11.1. The van der Waals surface area contributed by atoms with E-state index in [1.165, 1.54) is 18.6 Å². The molecule has 0 aliphatic rings. The summed E-state index contributed by atoms with van der Waals surface area (Å²) in [5.41, 5.74) is -0.392. The van der Waals surface area contributed by atoms with Crippen LogP contribution in [-0.4, -0.2) is 22.0 Å². The largest absolute Gasteiger partial charge is 0.477 e. The molecule has 0 heterocycles. The number of carboxylic acids is 1. The van der Waals surface area contributed by atoms with E-state index in [0.29, 0.717) is 0 Å². The zero-order valence-corrected chi connectivity index (χ0v) is 12.5. The summed E-state index contributed by atoms with van der Waals surface area (Å²) in [6.07, 6.45) is 5.43. The van der Waals surface area contributed by atoms with Crippen LogP contribution in [0.3, 0.4) is 0 Å². The molecule has 1 aromatic rings. The molecule has 0 spiro atoms. The number of hydrogen-bond acceptors (Lipinski definition) is 4. The SMILES string of the molecule is CCCCCCC(C)Nc1cccc(C(=O)O)c1[N+](=O)[O-]. The number of aromatic carboxylic acids is 1. The van der Waals surface area contributed by atoms with Gasteiger partial charge in [0.05, 0.1) is 4.92 Å². The van der Waals surface area contributed by atoms with Crippen molar-refractivity contribution >= 4 is 17.3 Å². The average molecular weight is 294 g/mol. The Morgan fingerprint density at radius 2 is 2.10 bits per heavy atom. The predicted octanol–water partition coefficient (Wildman–Crippen LogP) is 4.06. The lowest BCUT2D eigenvalue weighted by molar-refractivity contribution is -0.384. The van der Waals surface area contributed by atoms with Gasteiger partial charge in [-0.1, -0.05) is 38.7 Å². The third-order valence-corrected chi connectivity index (χ3v) is 3.34. The van der Waals surface area contributed by atoms with Crippen molar-refractivity contribution in [1.82, 2.24) is 0 Å². The van der Waals surface area contributed by atoms with Crippen LogP contribution >= 0.6 is 0 Å². The lowest BCUT2D eigenvalue weighted by Crippen LogP contribution is -2.17. The molecule has 0 fully saturated rings. The van der Waals surface area contributed by atoms with Crippen molar-refractivity contribution in [3.05, 3.63) is 33.9 Å². The summed E-state index contributed by atoms with van der Waals surface area (Å²) in [6.45, 7) is 4.09.